The van der Waals surface area contributed by atoms with E-state index in [1.165, 1.54) is 4.57 Å². The molecule has 1 aromatic carbocycles. The Labute approximate surface area is 129 Å². The maximum Gasteiger partial charge on any atom is 0.328 e. The number of nitrogens with zero attached hydrogens (tertiary/aromatic N) is 3. The number of carbonyl (C=O) groups is 1. The van der Waals surface area contributed by atoms with Crippen LogP contribution in [0.3, 0.4) is 0 Å². The maximum atomic E-state index is 12.1. The molecule has 3 rings (SSSR count). The number of H-pyrrole nitrogens is 1. The molecule has 1 amide bonds. The number of benzene rings is 1. The van der Waals surface area contributed by atoms with Gasteiger partial charge in [-0.2, -0.15) is 9.97 Å². The van der Waals surface area contributed by atoms with E-state index >= 15 is 0 Å². The van der Waals surface area contributed by atoms with Gasteiger partial charge in [-0.25, -0.2) is 4.79 Å². The molecule has 0 aliphatic heterocycles. The predicted molar refractivity (Wildman–Crippen MR) is 83.2 cm³/mol. The number of nitrogens with one attached hydrogen (secondary N) is 2. The van der Waals surface area contributed by atoms with E-state index in [4.69, 9.17) is 5.73 Å². The number of anilines is 1. The Bertz CT molecular complexity index is 942. The highest BCUT2D eigenvalue weighted by molar-refractivity contribution is 5.93. The molecule has 23 heavy (non-hydrogen) atoms. The zero-order valence-corrected chi connectivity index (χ0v) is 12.2. The molecule has 0 aliphatic carbocycles. The highest BCUT2D eigenvalue weighted by atomic mass is 16.3. The van der Waals surface area contributed by atoms with Crippen molar-refractivity contribution < 1.29 is 9.90 Å². The molecule has 9 heteroatoms. The number of rotatable bonds is 3. The summed E-state index contributed by atoms with van der Waals surface area (Å²) in [4.78, 5) is 33.6. The molecule has 3 aromatic rings. The molecule has 2 heterocycles. The van der Waals surface area contributed by atoms with E-state index in [0.29, 0.717) is 5.56 Å². The van der Waals surface area contributed by atoms with Crippen LogP contribution in [0.5, 0.6) is 6.01 Å². The Morgan fingerprint density at radius 3 is 2.70 bits per heavy atom. The minimum atomic E-state index is -0.502. The third-order valence-electron chi connectivity index (χ3n) is 3.42. The third kappa shape index (κ3) is 2.59. The summed E-state index contributed by atoms with van der Waals surface area (Å²) in [6.07, 6.45) is 0. The van der Waals surface area contributed by atoms with Crippen LogP contribution in [0, 0.1) is 0 Å². The second-order valence-corrected chi connectivity index (χ2v) is 4.90. The number of nitrogen functional groups attached to an aromatic ring is 1. The number of aromatic amines is 1. The topological polar surface area (TPSA) is 139 Å². The minimum Gasteiger partial charge on any atom is -0.479 e. The zero-order valence-electron chi connectivity index (χ0n) is 12.2. The highest BCUT2D eigenvalue weighted by Gasteiger charge is 2.14. The van der Waals surface area contributed by atoms with E-state index in [1.807, 2.05) is 0 Å². The molecule has 2 aromatic heterocycles. The molecule has 0 spiro atoms. The number of aromatic hydroxyl groups is 1. The Balaban J connectivity index is 2.00. The van der Waals surface area contributed by atoms with Gasteiger partial charge >= 0.3 is 11.7 Å². The lowest BCUT2D eigenvalue weighted by Gasteiger charge is -2.05. The van der Waals surface area contributed by atoms with Crippen LogP contribution in [-0.2, 0) is 6.54 Å². The predicted octanol–water partition coefficient (Wildman–Crippen LogP) is -0.185. The van der Waals surface area contributed by atoms with Crippen molar-refractivity contribution in [3.05, 3.63) is 45.9 Å². The normalized spacial score (nSPS) is 10.8. The van der Waals surface area contributed by atoms with Crippen LogP contribution in [-0.4, -0.2) is 37.6 Å². The summed E-state index contributed by atoms with van der Waals surface area (Å²) in [5.74, 6) is -0.190. The largest absolute Gasteiger partial charge is 0.479 e. The van der Waals surface area contributed by atoms with Gasteiger partial charge in [0.2, 0.25) is 0 Å². The SMILES string of the molecule is CNC(=O)c1ccc(Cn2c(=O)[nH]c3c(N)nc(O)nc32)cc1. The van der Waals surface area contributed by atoms with Crippen molar-refractivity contribution in [1.82, 2.24) is 24.8 Å². The summed E-state index contributed by atoms with van der Waals surface area (Å²) in [6, 6.07) is 6.29. The first-order chi connectivity index (χ1) is 11.0. The molecule has 0 atom stereocenters. The van der Waals surface area contributed by atoms with Gasteiger partial charge in [-0.1, -0.05) is 12.1 Å². The minimum absolute atomic E-state index is 0.00156. The van der Waals surface area contributed by atoms with E-state index in [-0.39, 0.29) is 29.4 Å². The zero-order chi connectivity index (χ0) is 16.6. The summed E-state index contributed by atoms with van der Waals surface area (Å²) < 4.78 is 1.34. The van der Waals surface area contributed by atoms with Crippen LogP contribution in [0.25, 0.3) is 11.2 Å². The number of aromatic nitrogens is 4. The van der Waals surface area contributed by atoms with Crippen LogP contribution in [0.15, 0.2) is 29.1 Å². The molecule has 0 saturated carbocycles. The monoisotopic (exact) mass is 314 g/mol. The molecular formula is C14H14N6O3. The first-order valence-electron chi connectivity index (χ1n) is 6.75. The summed E-state index contributed by atoms with van der Waals surface area (Å²) >= 11 is 0. The molecular weight excluding hydrogens is 300 g/mol. The van der Waals surface area contributed by atoms with Crippen molar-refractivity contribution in [2.75, 3.05) is 12.8 Å². The molecule has 0 radical (unpaired) electrons. The Kier molecular flexibility index (Phi) is 3.45. The Morgan fingerprint density at radius 1 is 1.35 bits per heavy atom. The van der Waals surface area contributed by atoms with Crippen molar-refractivity contribution in [2.24, 2.45) is 0 Å². The summed E-state index contributed by atoms with van der Waals surface area (Å²) in [6.45, 7) is 0.211. The molecule has 0 aliphatic rings. The quantitative estimate of drug-likeness (QED) is 0.528. The van der Waals surface area contributed by atoms with Gasteiger partial charge in [0.25, 0.3) is 5.91 Å². The van der Waals surface area contributed by atoms with Crippen LogP contribution in [0.2, 0.25) is 0 Å². The number of hydrogen-bond acceptors (Lipinski definition) is 6. The molecule has 0 unspecified atom stereocenters. The van der Waals surface area contributed by atoms with Crippen LogP contribution in [0.1, 0.15) is 15.9 Å². The van der Waals surface area contributed by atoms with E-state index < -0.39 is 11.7 Å². The number of carbonyl (C=O) groups excluding carboxylic acids is 1. The fraction of sp³-hybridized carbons (Fsp3) is 0.143. The van der Waals surface area contributed by atoms with Gasteiger partial charge < -0.3 is 21.1 Å². The van der Waals surface area contributed by atoms with Crippen LogP contribution < -0.4 is 16.7 Å². The van der Waals surface area contributed by atoms with Crippen molar-refractivity contribution in [2.45, 2.75) is 6.54 Å². The van der Waals surface area contributed by atoms with Gasteiger partial charge in [0.1, 0.15) is 5.52 Å². The molecule has 9 nitrogen and oxygen atoms in total. The average molecular weight is 314 g/mol. The second kappa shape index (κ2) is 5.44. The molecule has 0 saturated heterocycles. The average Bonchev–Trinajstić information content (AvgIpc) is 2.84. The maximum absolute atomic E-state index is 12.1. The van der Waals surface area contributed by atoms with Crippen molar-refractivity contribution in [3.63, 3.8) is 0 Å². The van der Waals surface area contributed by atoms with E-state index in [0.717, 1.165) is 5.56 Å². The molecule has 0 bridgehead atoms. The number of nitrogens with two attached hydrogens (primary N) is 1. The van der Waals surface area contributed by atoms with Gasteiger partial charge in [0.05, 0.1) is 6.54 Å². The second-order valence-electron chi connectivity index (χ2n) is 4.90. The van der Waals surface area contributed by atoms with Gasteiger partial charge in [0.15, 0.2) is 11.5 Å². The lowest BCUT2D eigenvalue weighted by atomic mass is 10.1. The smallest absolute Gasteiger partial charge is 0.328 e. The Morgan fingerprint density at radius 2 is 2.04 bits per heavy atom. The van der Waals surface area contributed by atoms with E-state index in [1.54, 1.807) is 31.3 Å². The lowest BCUT2D eigenvalue weighted by molar-refractivity contribution is 0.0963. The molecule has 5 N–H and O–H groups in total. The molecule has 118 valence electrons. The van der Waals surface area contributed by atoms with Crippen molar-refractivity contribution in [3.8, 4) is 6.01 Å². The van der Waals surface area contributed by atoms with Gasteiger partial charge in [0, 0.05) is 12.6 Å². The number of fused-ring (bicyclic) bond motifs is 1. The number of amides is 1. The summed E-state index contributed by atoms with van der Waals surface area (Å²) in [5, 5.41) is 12.0. The Hall–Kier alpha value is -3.36. The highest BCUT2D eigenvalue weighted by Crippen LogP contribution is 2.17. The van der Waals surface area contributed by atoms with Crippen molar-refractivity contribution >= 4 is 22.9 Å². The molecule has 0 fully saturated rings. The summed E-state index contributed by atoms with van der Waals surface area (Å²) in [5.41, 5.74) is 7.05. The third-order valence-corrected chi connectivity index (χ3v) is 3.42. The van der Waals surface area contributed by atoms with Crippen LogP contribution >= 0.6 is 0 Å². The number of hydrogen-bond donors (Lipinski definition) is 4. The van der Waals surface area contributed by atoms with E-state index in [9.17, 15) is 14.7 Å². The van der Waals surface area contributed by atoms with Gasteiger partial charge in [-0.05, 0) is 17.7 Å². The fourth-order valence-corrected chi connectivity index (χ4v) is 2.27. The van der Waals surface area contributed by atoms with Crippen molar-refractivity contribution in [1.29, 1.82) is 0 Å². The lowest BCUT2D eigenvalue weighted by Crippen LogP contribution is -2.19. The van der Waals surface area contributed by atoms with E-state index in [2.05, 4.69) is 20.3 Å². The number of imidazole rings is 1. The van der Waals surface area contributed by atoms with Gasteiger partial charge in [-0.15, -0.1) is 0 Å². The first-order valence-corrected chi connectivity index (χ1v) is 6.75. The standard InChI is InChI=1S/C14H14N6O3/c1-16-12(21)8-4-2-7(3-5-8)6-20-11-9(17-14(20)23)10(15)18-13(22)19-11/h2-5H,6H2,1H3,(H,16,21)(H,17,23)(H3,15,18,19,22). The van der Waals surface area contributed by atoms with Crippen LogP contribution in [0.4, 0.5) is 5.82 Å². The summed E-state index contributed by atoms with van der Waals surface area (Å²) in [7, 11) is 1.55. The van der Waals surface area contributed by atoms with Gasteiger partial charge in [-0.3, -0.25) is 9.36 Å². The first kappa shape index (κ1) is 14.6. The fourth-order valence-electron chi connectivity index (χ4n) is 2.27.